The van der Waals surface area contributed by atoms with E-state index in [-0.39, 0.29) is 12.1 Å². The maximum absolute atomic E-state index is 12.8. The molecule has 24 heavy (non-hydrogen) atoms. The first-order valence-corrected chi connectivity index (χ1v) is 8.57. The Kier molecular flexibility index (Phi) is 4.60. The van der Waals surface area contributed by atoms with Crippen molar-refractivity contribution in [3.63, 3.8) is 0 Å². The predicted octanol–water partition coefficient (Wildman–Crippen LogP) is 4.78. The first-order chi connectivity index (χ1) is 11.5. The van der Waals surface area contributed by atoms with Gasteiger partial charge >= 0.3 is 6.03 Å². The van der Waals surface area contributed by atoms with E-state index in [4.69, 9.17) is 4.52 Å². The van der Waals surface area contributed by atoms with Crippen LogP contribution in [-0.4, -0.2) is 22.6 Å². The summed E-state index contributed by atoms with van der Waals surface area (Å²) in [5, 5.41) is 7.25. The van der Waals surface area contributed by atoms with Crippen LogP contribution >= 0.6 is 0 Å². The first-order valence-electron chi connectivity index (χ1n) is 8.57. The minimum atomic E-state index is -0.0692. The van der Waals surface area contributed by atoms with E-state index in [1.807, 2.05) is 43.0 Å². The van der Waals surface area contributed by atoms with Gasteiger partial charge in [-0.15, -0.1) is 0 Å². The Morgan fingerprint density at radius 1 is 1.38 bits per heavy atom. The lowest BCUT2D eigenvalue weighted by Gasteiger charge is -2.24. The molecule has 5 nitrogen and oxygen atoms in total. The van der Waals surface area contributed by atoms with Crippen LogP contribution in [0.25, 0.3) is 0 Å². The van der Waals surface area contributed by atoms with E-state index in [9.17, 15) is 4.79 Å². The van der Waals surface area contributed by atoms with E-state index in [2.05, 4.69) is 24.3 Å². The molecule has 1 aromatic carbocycles. The lowest BCUT2D eigenvalue weighted by molar-refractivity contribution is 0.204. The lowest BCUT2D eigenvalue weighted by atomic mass is 10.1. The second-order valence-corrected chi connectivity index (χ2v) is 6.84. The van der Waals surface area contributed by atoms with Crippen molar-refractivity contribution in [3.05, 3.63) is 46.8 Å². The fourth-order valence-corrected chi connectivity index (χ4v) is 3.12. The number of benzene rings is 1. The van der Waals surface area contributed by atoms with Gasteiger partial charge in [0.25, 0.3) is 0 Å². The molecule has 3 rings (SSSR count). The highest BCUT2D eigenvalue weighted by Crippen LogP contribution is 2.33. The number of hydrogen-bond donors (Lipinski definition) is 1. The third-order valence-corrected chi connectivity index (χ3v) is 4.82. The van der Waals surface area contributed by atoms with E-state index >= 15 is 0 Å². The highest BCUT2D eigenvalue weighted by atomic mass is 16.5. The molecule has 0 unspecified atom stereocenters. The van der Waals surface area contributed by atoms with Gasteiger partial charge in [0.1, 0.15) is 11.5 Å². The maximum atomic E-state index is 12.8. The van der Waals surface area contributed by atoms with E-state index in [0.717, 1.165) is 42.1 Å². The molecular weight excluding hydrogens is 302 g/mol. The molecule has 1 aliphatic heterocycles. The number of carbonyl (C=O) groups excluding carboxylic acids is 1. The SMILES string of the molecule is Cc1cccc(NC(=O)N2CCC[C@H]2c2cc(C(C)C)on2)c1C. The fourth-order valence-electron chi connectivity index (χ4n) is 3.12. The highest BCUT2D eigenvalue weighted by Gasteiger charge is 2.32. The molecule has 5 heteroatoms. The van der Waals surface area contributed by atoms with Gasteiger partial charge in [0.05, 0.1) is 6.04 Å². The maximum Gasteiger partial charge on any atom is 0.322 e. The Bertz CT molecular complexity index is 736. The standard InChI is InChI=1S/C19H25N3O2/c1-12(2)18-11-16(21-24-18)17-9-6-10-22(17)19(23)20-15-8-5-7-13(3)14(15)4/h5,7-8,11-12,17H,6,9-10H2,1-4H3,(H,20,23)/t17-/m0/s1. The van der Waals surface area contributed by atoms with Gasteiger partial charge in [-0.25, -0.2) is 4.79 Å². The number of urea groups is 1. The predicted molar refractivity (Wildman–Crippen MR) is 94.2 cm³/mol. The zero-order chi connectivity index (χ0) is 17.3. The number of rotatable bonds is 3. The van der Waals surface area contributed by atoms with Crippen molar-refractivity contribution in [1.82, 2.24) is 10.1 Å². The summed E-state index contributed by atoms with van der Waals surface area (Å²) in [7, 11) is 0. The number of anilines is 1. The van der Waals surface area contributed by atoms with E-state index in [1.54, 1.807) is 0 Å². The van der Waals surface area contributed by atoms with Gasteiger partial charge in [-0.3, -0.25) is 0 Å². The first kappa shape index (κ1) is 16.6. The van der Waals surface area contributed by atoms with Gasteiger partial charge in [-0.05, 0) is 43.9 Å². The summed E-state index contributed by atoms with van der Waals surface area (Å²) in [6, 6.07) is 7.86. The van der Waals surface area contributed by atoms with Crippen LogP contribution in [0.5, 0.6) is 0 Å². The van der Waals surface area contributed by atoms with Crippen LogP contribution in [-0.2, 0) is 0 Å². The molecule has 1 atom stereocenters. The number of nitrogens with one attached hydrogen (secondary N) is 1. The smallest absolute Gasteiger partial charge is 0.322 e. The third-order valence-electron chi connectivity index (χ3n) is 4.82. The number of carbonyl (C=O) groups is 1. The normalized spacial score (nSPS) is 17.5. The average Bonchev–Trinajstić information content (AvgIpc) is 3.19. The molecule has 1 aliphatic rings. The molecule has 1 N–H and O–H groups in total. The summed E-state index contributed by atoms with van der Waals surface area (Å²) in [4.78, 5) is 14.6. The topological polar surface area (TPSA) is 58.4 Å². The summed E-state index contributed by atoms with van der Waals surface area (Å²) >= 11 is 0. The van der Waals surface area contributed by atoms with E-state index in [0.29, 0.717) is 5.92 Å². The second kappa shape index (κ2) is 6.67. The van der Waals surface area contributed by atoms with Crippen molar-refractivity contribution in [3.8, 4) is 0 Å². The third kappa shape index (κ3) is 3.16. The van der Waals surface area contributed by atoms with Crippen molar-refractivity contribution in [1.29, 1.82) is 0 Å². The molecule has 2 amide bonds. The molecule has 128 valence electrons. The molecule has 1 saturated heterocycles. The summed E-state index contributed by atoms with van der Waals surface area (Å²) in [5.74, 6) is 1.16. The van der Waals surface area contributed by atoms with Crippen LogP contribution in [0.3, 0.4) is 0 Å². The number of likely N-dealkylation sites (tertiary alicyclic amines) is 1. The molecule has 0 spiro atoms. The van der Waals surface area contributed by atoms with Gasteiger partial charge in [0.15, 0.2) is 0 Å². The van der Waals surface area contributed by atoms with Crippen LogP contribution in [0.2, 0.25) is 0 Å². The largest absolute Gasteiger partial charge is 0.361 e. The fraction of sp³-hybridized carbons (Fsp3) is 0.474. The van der Waals surface area contributed by atoms with Crippen LogP contribution in [0.15, 0.2) is 28.8 Å². The van der Waals surface area contributed by atoms with Crippen LogP contribution < -0.4 is 5.32 Å². The Hall–Kier alpha value is -2.30. The minimum absolute atomic E-state index is 0.00800. The number of hydrogen-bond acceptors (Lipinski definition) is 3. The lowest BCUT2D eigenvalue weighted by Crippen LogP contribution is -2.34. The van der Waals surface area contributed by atoms with Crippen molar-refractivity contribution in [2.24, 2.45) is 0 Å². The van der Waals surface area contributed by atoms with Gasteiger partial charge < -0.3 is 14.7 Å². The minimum Gasteiger partial charge on any atom is -0.361 e. The van der Waals surface area contributed by atoms with E-state index < -0.39 is 0 Å². The zero-order valence-corrected chi connectivity index (χ0v) is 14.8. The average molecular weight is 327 g/mol. The zero-order valence-electron chi connectivity index (χ0n) is 14.8. The van der Waals surface area contributed by atoms with Crippen LogP contribution in [0.1, 0.15) is 61.2 Å². The summed E-state index contributed by atoms with van der Waals surface area (Å²) < 4.78 is 5.41. The molecule has 0 saturated carbocycles. The van der Waals surface area contributed by atoms with E-state index in [1.165, 1.54) is 5.56 Å². The molecular formula is C19H25N3O2. The van der Waals surface area contributed by atoms with Crippen LogP contribution in [0, 0.1) is 13.8 Å². The number of amides is 2. The summed E-state index contributed by atoms with van der Waals surface area (Å²) in [6.07, 6.45) is 1.90. The molecule has 1 aromatic heterocycles. The molecule has 2 aromatic rings. The highest BCUT2D eigenvalue weighted by molar-refractivity contribution is 5.90. The molecule has 0 aliphatic carbocycles. The molecule has 0 bridgehead atoms. The molecule has 2 heterocycles. The Morgan fingerprint density at radius 2 is 2.17 bits per heavy atom. The Morgan fingerprint density at radius 3 is 2.88 bits per heavy atom. The van der Waals surface area contributed by atoms with Gasteiger partial charge in [-0.2, -0.15) is 0 Å². The van der Waals surface area contributed by atoms with Crippen LogP contribution in [0.4, 0.5) is 10.5 Å². The number of aryl methyl sites for hydroxylation is 1. The summed E-state index contributed by atoms with van der Waals surface area (Å²) in [5.41, 5.74) is 4.00. The van der Waals surface area contributed by atoms with Crippen molar-refractivity contribution in [2.75, 3.05) is 11.9 Å². The monoisotopic (exact) mass is 327 g/mol. The van der Waals surface area contributed by atoms with Crippen molar-refractivity contribution < 1.29 is 9.32 Å². The van der Waals surface area contributed by atoms with Crippen molar-refractivity contribution in [2.45, 2.75) is 52.5 Å². The van der Waals surface area contributed by atoms with Gasteiger partial charge in [0, 0.05) is 24.2 Å². The van der Waals surface area contributed by atoms with Crippen molar-refractivity contribution >= 4 is 11.7 Å². The van der Waals surface area contributed by atoms with Gasteiger partial charge in [0.2, 0.25) is 0 Å². The Balaban J connectivity index is 1.77. The number of aromatic nitrogens is 1. The molecule has 1 fully saturated rings. The quantitative estimate of drug-likeness (QED) is 0.882. The second-order valence-electron chi connectivity index (χ2n) is 6.84. The summed E-state index contributed by atoms with van der Waals surface area (Å²) in [6.45, 7) is 8.96. The van der Waals surface area contributed by atoms with Gasteiger partial charge in [-0.1, -0.05) is 31.1 Å². The Labute approximate surface area is 143 Å². The number of nitrogens with zero attached hydrogens (tertiary/aromatic N) is 2. The molecule has 0 radical (unpaired) electrons.